The Morgan fingerprint density at radius 1 is 1.45 bits per heavy atom. The van der Waals surface area contributed by atoms with Gasteiger partial charge in [-0.3, -0.25) is 20.3 Å². The molecular weight excluding hydrogens is 282 g/mol. The average Bonchev–Trinajstić information content (AvgIpc) is 2.69. The number of aryl methyl sites for hydroxylation is 1. The summed E-state index contributed by atoms with van der Waals surface area (Å²) in [4.78, 5) is 33.8. The monoisotopic (exact) mass is 293 g/mol. The van der Waals surface area contributed by atoms with Crippen LogP contribution in [0.1, 0.15) is 11.1 Å². The Labute approximate surface area is 120 Å². The lowest BCUT2D eigenvalue weighted by Gasteiger charge is -2.12. The van der Waals surface area contributed by atoms with Crippen LogP contribution in [-0.2, 0) is 9.59 Å². The Morgan fingerprint density at radius 2 is 2.20 bits per heavy atom. The summed E-state index contributed by atoms with van der Waals surface area (Å²) in [6.07, 6.45) is 2.83. The predicted molar refractivity (Wildman–Crippen MR) is 73.6 cm³/mol. The number of carbonyl (C=O) groups is 3. The topological polar surface area (TPSA) is 78.5 Å². The summed E-state index contributed by atoms with van der Waals surface area (Å²) < 4.78 is 0. The van der Waals surface area contributed by atoms with Crippen molar-refractivity contribution < 1.29 is 14.4 Å². The van der Waals surface area contributed by atoms with E-state index in [1.165, 1.54) is 6.08 Å². The third-order valence-electron chi connectivity index (χ3n) is 2.66. The SMILES string of the molecule is Cc1ccc(/C=C/C(=O)NN2CC(=O)NC2=O)cc1Cl. The maximum Gasteiger partial charge on any atom is 0.343 e. The lowest BCUT2D eigenvalue weighted by molar-refractivity contribution is -0.121. The molecule has 0 bridgehead atoms. The molecule has 0 radical (unpaired) electrons. The highest BCUT2D eigenvalue weighted by Gasteiger charge is 2.27. The Kier molecular flexibility index (Phi) is 4.05. The number of rotatable bonds is 3. The molecule has 1 aliphatic heterocycles. The highest BCUT2D eigenvalue weighted by molar-refractivity contribution is 6.31. The zero-order valence-corrected chi connectivity index (χ0v) is 11.4. The van der Waals surface area contributed by atoms with Gasteiger partial charge in [-0.1, -0.05) is 23.7 Å². The van der Waals surface area contributed by atoms with Gasteiger partial charge < -0.3 is 0 Å². The van der Waals surface area contributed by atoms with E-state index in [9.17, 15) is 14.4 Å². The van der Waals surface area contributed by atoms with E-state index in [4.69, 9.17) is 11.6 Å². The van der Waals surface area contributed by atoms with Gasteiger partial charge in [0.25, 0.3) is 5.91 Å². The van der Waals surface area contributed by atoms with Crippen LogP contribution in [0.3, 0.4) is 0 Å². The Bertz CT molecular complexity index is 613. The van der Waals surface area contributed by atoms with Gasteiger partial charge in [0.1, 0.15) is 6.54 Å². The molecule has 1 heterocycles. The molecule has 0 unspecified atom stereocenters. The number of amides is 4. The van der Waals surface area contributed by atoms with Crippen LogP contribution in [0.5, 0.6) is 0 Å². The first-order chi connectivity index (χ1) is 9.45. The molecule has 104 valence electrons. The Hall–Kier alpha value is -2.34. The number of nitrogens with zero attached hydrogens (tertiary/aromatic N) is 1. The van der Waals surface area contributed by atoms with Gasteiger partial charge in [-0.15, -0.1) is 0 Å². The van der Waals surface area contributed by atoms with E-state index in [1.54, 1.807) is 12.1 Å². The van der Waals surface area contributed by atoms with E-state index < -0.39 is 17.8 Å². The normalized spacial score (nSPS) is 14.8. The molecule has 1 fully saturated rings. The van der Waals surface area contributed by atoms with Gasteiger partial charge in [0.15, 0.2) is 0 Å². The molecule has 4 amide bonds. The van der Waals surface area contributed by atoms with Crippen LogP contribution in [-0.4, -0.2) is 29.4 Å². The van der Waals surface area contributed by atoms with Crippen LogP contribution < -0.4 is 10.7 Å². The van der Waals surface area contributed by atoms with Crippen molar-refractivity contribution >= 4 is 35.5 Å². The van der Waals surface area contributed by atoms with Crippen LogP contribution in [0, 0.1) is 6.92 Å². The van der Waals surface area contributed by atoms with Gasteiger partial charge in [0.2, 0.25) is 5.91 Å². The fourth-order valence-corrected chi connectivity index (χ4v) is 1.78. The molecule has 1 aromatic carbocycles. The number of benzene rings is 1. The first-order valence-corrected chi connectivity index (χ1v) is 6.20. The van der Waals surface area contributed by atoms with Gasteiger partial charge in [-0.25, -0.2) is 9.80 Å². The Morgan fingerprint density at radius 3 is 2.80 bits per heavy atom. The zero-order valence-electron chi connectivity index (χ0n) is 10.6. The summed E-state index contributed by atoms with van der Waals surface area (Å²) in [5.41, 5.74) is 4.00. The number of urea groups is 1. The predicted octanol–water partition coefficient (Wildman–Crippen LogP) is 1.24. The number of hydrogen-bond acceptors (Lipinski definition) is 3. The highest BCUT2D eigenvalue weighted by atomic mass is 35.5. The average molecular weight is 294 g/mol. The standard InChI is InChI=1S/C13H12ClN3O3/c1-8-2-3-9(6-10(8)14)4-5-11(18)16-17-7-12(19)15-13(17)20/h2-6H,7H2,1H3,(H,16,18)(H,15,19,20)/b5-4+. The maximum atomic E-state index is 11.6. The zero-order chi connectivity index (χ0) is 14.7. The molecule has 2 rings (SSSR count). The van der Waals surface area contributed by atoms with E-state index in [0.29, 0.717) is 5.02 Å². The summed E-state index contributed by atoms with van der Waals surface area (Å²) in [7, 11) is 0. The molecule has 0 spiro atoms. The van der Waals surface area contributed by atoms with E-state index in [0.717, 1.165) is 16.1 Å². The molecule has 0 atom stereocenters. The second-order valence-corrected chi connectivity index (χ2v) is 4.66. The number of hydrogen-bond donors (Lipinski definition) is 2. The molecule has 1 saturated heterocycles. The summed E-state index contributed by atoms with van der Waals surface area (Å²) >= 11 is 5.97. The molecule has 2 N–H and O–H groups in total. The molecule has 7 heteroatoms. The van der Waals surface area contributed by atoms with Gasteiger partial charge in [0, 0.05) is 11.1 Å². The van der Waals surface area contributed by atoms with Crippen molar-refractivity contribution in [3.8, 4) is 0 Å². The second-order valence-electron chi connectivity index (χ2n) is 4.26. The molecular formula is C13H12ClN3O3. The summed E-state index contributed by atoms with van der Waals surface area (Å²) in [5, 5.41) is 3.57. The van der Waals surface area contributed by atoms with Crippen LogP contribution >= 0.6 is 11.6 Å². The molecule has 20 heavy (non-hydrogen) atoms. The van der Waals surface area contributed by atoms with E-state index in [2.05, 4.69) is 10.7 Å². The van der Waals surface area contributed by atoms with Crippen molar-refractivity contribution in [2.24, 2.45) is 0 Å². The molecule has 0 aromatic heterocycles. The summed E-state index contributed by atoms with van der Waals surface area (Å²) in [6.45, 7) is 1.69. The molecule has 1 aromatic rings. The number of carbonyl (C=O) groups excluding carboxylic acids is 3. The molecule has 0 aliphatic carbocycles. The second kappa shape index (κ2) is 5.75. The summed E-state index contributed by atoms with van der Waals surface area (Å²) in [5.74, 6) is -0.962. The van der Waals surface area contributed by atoms with Crippen molar-refractivity contribution in [2.45, 2.75) is 6.92 Å². The third-order valence-corrected chi connectivity index (χ3v) is 3.07. The smallest absolute Gasteiger partial charge is 0.275 e. The first kappa shape index (κ1) is 14.1. The minimum atomic E-state index is -0.643. The van der Waals surface area contributed by atoms with Crippen molar-refractivity contribution in [3.63, 3.8) is 0 Å². The fraction of sp³-hybridized carbons (Fsp3) is 0.154. The van der Waals surface area contributed by atoms with Gasteiger partial charge in [0.05, 0.1) is 0 Å². The molecule has 6 nitrogen and oxygen atoms in total. The minimum absolute atomic E-state index is 0.186. The number of nitrogens with one attached hydrogen (secondary N) is 2. The molecule has 1 aliphatic rings. The van der Waals surface area contributed by atoms with Crippen LogP contribution in [0.4, 0.5) is 4.79 Å². The van der Waals surface area contributed by atoms with Crippen LogP contribution in [0.25, 0.3) is 6.08 Å². The van der Waals surface area contributed by atoms with Crippen molar-refractivity contribution in [2.75, 3.05) is 6.54 Å². The number of hydrazine groups is 1. The summed E-state index contributed by atoms with van der Waals surface area (Å²) in [6, 6.07) is 4.74. The largest absolute Gasteiger partial charge is 0.343 e. The lowest BCUT2D eigenvalue weighted by atomic mass is 10.1. The van der Waals surface area contributed by atoms with Crippen LogP contribution in [0.2, 0.25) is 5.02 Å². The van der Waals surface area contributed by atoms with Crippen molar-refractivity contribution in [3.05, 3.63) is 40.4 Å². The fourth-order valence-electron chi connectivity index (χ4n) is 1.59. The lowest BCUT2D eigenvalue weighted by Crippen LogP contribution is -2.43. The van der Waals surface area contributed by atoms with Gasteiger partial charge in [-0.2, -0.15) is 0 Å². The minimum Gasteiger partial charge on any atom is -0.275 e. The quantitative estimate of drug-likeness (QED) is 0.650. The number of halogens is 1. The number of imide groups is 1. The third kappa shape index (κ3) is 3.36. The Balaban J connectivity index is 1.97. The highest BCUT2D eigenvalue weighted by Crippen LogP contribution is 2.17. The maximum absolute atomic E-state index is 11.6. The van der Waals surface area contributed by atoms with Crippen molar-refractivity contribution in [1.29, 1.82) is 0 Å². The molecule has 0 saturated carbocycles. The van der Waals surface area contributed by atoms with E-state index in [-0.39, 0.29) is 6.54 Å². The van der Waals surface area contributed by atoms with Gasteiger partial charge >= 0.3 is 6.03 Å². The van der Waals surface area contributed by atoms with Gasteiger partial charge in [-0.05, 0) is 30.2 Å². The van der Waals surface area contributed by atoms with E-state index in [1.807, 2.05) is 19.1 Å². The van der Waals surface area contributed by atoms with E-state index >= 15 is 0 Å². The first-order valence-electron chi connectivity index (χ1n) is 5.82. The van der Waals surface area contributed by atoms with Crippen LogP contribution in [0.15, 0.2) is 24.3 Å². The van der Waals surface area contributed by atoms with Crippen molar-refractivity contribution in [1.82, 2.24) is 15.8 Å².